The summed E-state index contributed by atoms with van der Waals surface area (Å²) in [5.41, 5.74) is 0. The van der Waals surface area contributed by atoms with Crippen LogP contribution in [0.1, 0.15) is 56.6 Å². The van der Waals surface area contributed by atoms with E-state index in [-0.39, 0.29) is 23.7 Å². The fraction of sp³-hybridized carbons (Fsp3) is 0.778. The zero-order valence-corrected chi connectivity index (χ0v) is 16.3. The van der Waals surface area contributed by atoms with Crippen LogP contribution in [0, 0.1) is 11.8 Å². The maximum absolute atomic E-state index is 13.3. The van der Waals surface area contributed by atoms with Gasteiger partial charge in [-0.3, -0.25) is 9.59 Å². The van der Waals surface area contributed by atoms with Crippen LogP contribution in [-0.2, 0) is 11.3 Å². The molecule has 0 saturated heterocycles. The first-order chi connectivity index (χ1) is 13.2. The van der Waals surface area contributed by atoms with Crippen LogP contribution in [0.5, 0.6) is 0 Å². The van der Waals surface area contributed by atoms with Crippen LogP contribution in [0.2, 0.25) is 0 Å². The smallest absolute Gasteiger partial charge is 0.291 e. The van der Waals surface area contributed by atoms with Crippen LogP contribution in [0.15, 0.2) is 0 Å². The zero-order chi connectivity index (χ0) is 20.3. The second kappa shape index (κ2) is 8.40. The highest BCUT2D eigenvalue weighted by Gasteiger charge is 2.37. The van der Waals surface area contributed by atoms with Gasteiger partial charge < -0.3 is 16.0 Å². The third-order valence-electron chi connectivity index (χ3n) is 5.60. The molecule has 2 amide bonds. The summed E-state index contributed by atoms with van der Waals surface area (Å²) in [4.78, 5) is 28.4. The van der Waals surface area contributed by atoms with Crippen LogP contribution >= 0.6 is 0 Å². The van der Waals surface area contributed by atoms with E-state index in [9.17, 15) is 18.4 Å². The zero-order valence-electron chi connectivity index (χ0n) is 16.3. The van der Waals surface area contributed by atoms with Crippen molar-refractivity contribution in [2.45, 2.75) is 64.5 Å². The number of hydrogen-bond donors (Lipinski definition) is 3. The monoisotopic (exact) mass is 398 g/mol. The number of hydrogen-bond acceptors (Lipinski definition) is 5. The minimum atomic E-state index is -3.03. The molecular formula is C18H28F2N6O2. The average molecular weight is 398 g/mol. The number of nitrogens with zero attached hydrogens (tertiary/aromatic N) is 3. The van der Waals surface area contributed by atoms with Crippen LogP contribution < -0.4 is 16.0 Å². The van der Waals surface area contributed by atoms with E-state index < -0.39 is 17.7 Å². The van der Waals surface area contributed by atoms with Gasteiger partial charge in [0.05, 0.1) is 5.92 Å². The Balaban J connectivity index is 1.40. The summed E-state index contributed by atoms with van der Waals surface area (Å²) in [5, 5.41) is 12.9. The number of amides is 2. The van der Waals surface area contributed by atoms with Gasteiger partial charge in [-0.2, -0.15) is 4.98 Å². The van der Waals surface area contributed by atoms with Crippen molar-refractivity contribution in [1.29, 1.82) is 0 Å². The largest absolute Gasteiger partial charge is 0.354 e. The van der Waals surface area contributed by atoms with Gasteiger partial charge in [0, 0.05) is 32.6 Å². The van der Waals surface area contributed by atoms with Crippen molar-refractivity contribution in [2.75, 3.05) is 18.4 Å². The third kappa shape index (κ3) is 4.96. The van der Waals surface area contributed by atoms with E-state index >= 15 is 0 Å². The fourth-order valence-electron chi connectivity index (χ4n) is 3.54. The molecular weight excluding hydrogens is 370 g/mol. The van der Waals surface area contributed by atoms with Crippen molar-refractivity contribution in [3.8, 4) is 0 Å². The number of carbonyl (C=O) groups is 2. The Morgan fingerprint density at radius 1 is 1.32 bits per heavy atom. The van der Waals surface area contributed by atoms with Gasteiger partial charge >= 0.3 is 0 Å². The van der Waals surface area contributed by atoms with E-state index in [2.05, 4.69) is 26.0 Å². The highest BCUT2D eigenvalue weighted by Crippen LogP contribution is 2.26. The van der Waals surface area contributed by atoms with Gasteiger partial charge in [-0.1, -0.05) is 0 Å². The van der Waals surface area contributed by atoms with E-state index in [4.69, 9.17) is 0 Å². The van der Waals surface area contributed by atoms with Crippen LogP contribution in [0.25, 0.3) is 0 Å². The van der Waals surface area contributed by atoms with E-state index in [0.29, 0.717) is 12.5 Å². The molecule has 3 rings (SSSR count). The number of nitrogens with one attached hydrogen (secondary N) is 3. The van der Waals surface area contributed by atoms with Crippen LogP contribution in [0.4, 0.5) is 14.7 Å². The lowest BCUT2D eigenvalue weighted by molar-refractivity contribution is -0.136. The van der Waals surface area contributed by atoms with Gasteiger partial charge in [-0.25, -0.2) is 13.5 Å². The Labute approximate surface area is 162 Å². The maximum Gasteiger partial charge on any atom is 0.291 e. The van der Waals surface area contributed by atoms with Gasteiger partial charge in [-0.15, -0.1) is 5.10 Å². The predicted molar refractivity (Wildman–Crippen MR) is 99.1 cm³/mol. The molecule has 1 aromatic heterocycles. The first kappa shape index (κ1) is 20.5. The lowest BCUT2D eigenvalue weighted by Crippen LogP contribution is -2.45. The lowest BCUT2D eigenvalue weighted by Gasteiger charge is -2.30. The molecule has 1 aliphatic carbocycles. The minimum Gasteiger partial charge on any atom is -0.354 e. The first-order valence-corrected chi connectivity index (χ1v) is 9.89. The molecule has 2 heterocycles. The number of fused-ring (bicyclic) bond motifs is 1. The third-order valence-corrected chi connectivity index (χ3v) is 5.60. The SMILES string of the molecule is CC(C(=O)NC1CCC(CNC(=O)c2nc3n(n2)CCCN3)CC1)C(C)(F)F. The van der Waals surface area contributed by atoms with Gasteiger partial charge in [-0.05, 0) is 44.9 Å². The second-order valence-electron chi connectivity index (χ2n) is 7.88. The molecule has 1 aromatic rings. The Bertz CT molecular complexity index is 686. The topological polar surface area (TPSA) is 101 Å². The lowest BCUT2D eigenvalue weighted by atomic mass is 9.85. The molecule has 10 heteroatoms. The normalized spacial score (nSPS) is 23.3. The van der Waals surface area contributed by atoms with Gasteiger partial charge in [0.25, 0.3) is 11.8 Å². The van der Waals surface area contributed by atoms with E-state index in [1.165, 1.54) is 6.92 Å². The fourth-order valence-corrected chi connectivity index (χ4v) is 3.54. The summed E-state index contributed by atoms with van der Waals surface area (Å²) in [6, 6.07) is -0.0862. The molecule has 1 unspecified atom stereocenters. The number of aromatic nitrogens is 3. The summed E-state index contributed by atoms with van der Waals surface area (Å²) in [5.74, 6) is -4.18. The Kier molecular flexibility index (Phi) is 6.14. The van der Waals surface area contributed by atoms with Gasteiger partial charge in [0.15, 0.2) is 0 Å². The van der Waals surface area contributed by atoms with E-state index in [0.717, 1.165) is 52.1 Å². The minimum absolute atomic E-state index is 0.0862. The second-order valence-corrected chi connectivity index (χ2v) is 7.88. The highest BCUT2D eigenvalue weighted by molar-refractivity contribution is 5.90. The molecule has 0 bridgehead atoms. The summed E-state index contributed by atoms with van der Waals surface area (Å²) < 4.78 is 28.2. The standard InChI is InChI=1S/C18H28F2N6O2/c1-11(18(2,19)20)15(27)23-13-6-4-12(5-7-13)10-22-16(28)14-24-17-21-8-3-9-26(17)25-14/h11-13H,3-10H2,1-2H3,(H,22,28)(H,23,27)(H,21,24,25). The number of carbonyl (C=O) groups excluding carboxylic acids is 2. The molecule has 0 spiro atoms. The molecule has 2 aliphatic rings. The Morgan fingerprint density at radius 3 is 2.68 bits per heavy atom. The molecule has 8 nitrogen and oxygen atoms in total. The Morgan fingerprint density at radius 2 is 2.04 bits per heavy atom. The van der Waals surface area contributed by atoms with Crippen molar-refractivity contribution < 1.29 is 18.4 Å². The quantitative estimate of drug-likeness (QED) is 0.678. The molecule has 156 valence electrons. The van der Waals surface area contributed by atoms with Crippen molar-refractivity contribution in [3.63, 3.8) is 0 Å². The van der Waals surface area contributed by atoms with E-state index in [1.807, 2.05) is 0 Å². The highest BCUT2D eigenvalue weighted by atomic mass is 19.3. The number of anilines is 1. The molecule has 1 aliphatic heterocycles. The van der Waals surface area contributed by atoms with Gasteiger partial charge in [0.1, 0.15) is 0 Å². The summed E-state index contributed by atoms with van der Waals surface area (Å²) in [6.45, 7) is 4.10. The van der Waals surface area contributed by atoms with Crippen molar-refractivity contribution in [1.82, 2.24) is 25.4 Å². The first-order valence-electron chi connectivity index (χ1n) is 9.89. The summed E-state index contributed by atoms with van der Waals surface area (Å²) >= 11 is 0. The van der Waals surface area contributed by atoms with E-state index in [1.54, 1.807) is 4.68 Å². The molecule has 28 heavy (non-hydrogen) atoms. The average Bonchev–Trinajstić information content (AvgIpc) is 3.10. The van der Waals surface area contributed by atoms with Crippen molar-refractivity contribution in [3.05, 3.63) is 5.82 Å². The summed E-state index contributed by atoms with van der Waals surface area (Å²) in [7, 11) is 0. The van der Waals surface area contributed by atoms with Crippen molar-refractivity contribution in [2.24, 2.45) is 11.8 Å². The Hall–Kier alpha value is -2.26. The molecule has 3 N–H and O–H groups in total. The number of halogens is 2. The molecule has 1 saturated carbocycles. The van der Waals surface area contributed by atoms with Crippen LogP contribution in [0.3, 0.4) is 0 Å². The predicted octanol–water partition coefficient (Wildman–Crippen LogP) is 1.79. The maximum atomic E-state index is 13.3. The van der Waals surface area contributed by atoms with Gasteiger partial charge in [0.2, 0.25) is 17.7 Å². The molecule has 1 atom stereocenters. The molecule has 1 fully saturated rings. The molecule has 0 radical (unpaired) electrons. The molecule has 0 aromatic carbocycles. The number of aryl methyl sites for hydroxylation is 1. The number of alkyl halides is 2. The summed E-state index contributed by atoms with van der Waals surface area (Å²) in [6.07, 6.45) is 4.02. The van der Waals surface area contributed by atoms with Crippen LogP contribution in [-0.4, -0.2) is 51.6 Å². The number of rotatable bonds is 6. The van der Waals surface area contributed by atoms with Crippen molar-refractivity contribution >= 4 is 17.8 Å².